The summed E-state index contributed by atoms with van der Waals surface area (Å²) < 4.78 is 0. The van der Waals surface area contributed by atoms with E-state index in [-0.39, 0.29) is 0 Å². The molecule has 1 nitrogen and oxygen atoms in total. The van der Waals surface area contributed by atoms with Gasteiger partial charge in [-0.25, -0.2) is 0 Å². The van der Waals surface area contributed by atoms with Crippen molar-refractivity contribution in [2.75, 3.05) is 5.32 Å². The standard InChI is InChI=1S/C14H14ClNS/c15-12-5-3-11(4-6-12)14(10-1-2-10)16-13-7-8-17-9-13/h3-10,14,16H,1-2H2. The largest absolute Gasteiger partial charge is 0.377 e. The van der Waals surface area contributed by atoms with Crippen LogP contribution >= 0.6 is 22.9 Å². The smallest absolute Gasteiger partial charge is 0.0542 e. The summed E-state index contributed by atoms with van der Waals surface area (Å²) in [5.41, 5.74) is 2.56. The van der Waals surface area contributed by atoms with Crippen LogP contribution in [0.25, 0.3) is 0 Å². The first kappa shape index (κ1) is 11.1. The normalized spacial score (nSPS) is 16.8. The lowest BCUT2D eigenvalue weighted by atomic mass is 10.0. The second-order valence-corrected chi connectivity index (χ2v) is 5.74. The number of benzene rings is 1. The third kappa shape index (κ3) is 2.64. The fourth-order valence-electron chi connectivity index (χ4n) is 2.10. The SMILES string of the molecule is Clc1ccc(C(Nc2ccsc2)C2CC2)cc1. The average Bonchev–Trinajstić information content (AvgIpc) is 3.05. The molecule has 1 saturated carbocycles. The van der Waals surface area contributed by atoms with E-state index >= 15 is 0 Å². The number of nitrogens with one attached hydrogen (secondary N) is 1. The molecule has 1 aromatic carbocycles. The Hall–Kier alpha value is -0.990. The summed E-state index contributed by atoms with van der Waals surface area (Å²) in [5.74, 6) is 0.774. The van der Waals surface area contributed by atoms with Crippen LogP contribution in [0, 0.1) is 5.92 Å². The first-order valence-corrected chi connectivity index (χ1v) is 7.19. The van der Waals surface area contributed by atoms with E-state index in [0.717, 1.165) is 10.9 Å². The van der Waals surface area contributed by atoms with E-state index < -0.39 is 0 Å². The van der Waals surface area contributed by atoms with E-state index in [1.165, 1.54) is 24.1 Å². The van der Waals surface area contributed by atoms with E-state index in [9.17, 15) is 0 Å². The van der Waals surface area contributed by atoms with Gasteiger partial charge in [0.15, 0.2) is 0 Å². The van der Waals surface area contributed by atoms with Gasteiger partial charge in [-0.15, -0.1) is 0 Å². The Bertz CT molecular complexity index is 473. The predicted molar refractivity (Wildman–Crippen MR) is 74.9 cm³/mol. The van der Waals surface area contributed by atoms with Gasteiger partial charge in [0, 0.05) is 16.1 Å². The zero-order valence-corrected chi connectivity index (χ0v) is 11.0. The summed E-state index contributed by atoms with van der Waals surface area (Å²) in [4.78, 5) is 0. The predicted octanol–water partition coefficient (Wildman–Crippen LogP) is 4.96. The van der Waals surface area contributed by atoms with E-state index in [1.54, 1.807) is 11.3 Å². The molecule has 0 aliphatic heterocycles. The monoisotopic (exact) mass is 263 g/mol. The minimum absolute atomic E-state index is 0.432. The first-order chi connectivity index (χ1) is 8.33. The van der Waals surface area contributed by atoms with Gasteiger partial charge in [0.2, 0.25) is 0 Å². The zero-order valence-electron chi connectivity index (χ0n) is 9.40. The maximum absolute atomic E-state index is 5.94. The van der Waals surface area contributed by atoms with Crippen LogP contribution in [-0.4, -0.2) is 0 Å². The molecule has 3 rings (SSSR count). The molecule has 0 radical (unpaired) electrons. The van der Waals surface area contributed by atoms with Gasteiger partial charge in [0.1, 0.15) is 0 Å². The van der Waals surface area contributed by atoms with Gasteiger partial charge >= 0.3 is 0 Å². The minimum atomic E-state index is 0.432. The number of halogens is 1. The van der Waals surface area contributed by atoms with Crippen molar-refractivity contribution in [3.8, 4) is 0 Å². The topological polar surface area (TPSA) is 12.0 Å². The Balaban J connectivity index is 1.82. The van der Waals surface area contributed by atoms with Gasteiger partial charge in [-0.2, -0.15) is 11.3 Å². The molecule has 1 aromatic heterocycles. The summed E-state index contributed by atoms with van der Waals surface area (Å²) in [5, 5.41) is 8.69. The number of thiophene rings is 1. The Morgan fingerprint density at radius 3 is 2.53 bits per heavy atom. The summed E-state index contributed by atoms with van der Waals surface area (Å²) in [6.45, 7) is 0. The molecule has 1 unspecified atom stereocenters. The summed E-state index contributed by atoms with van der Waals surface area (Å²) in [6, 6.07) is 10.8. The van der Waals surface area contributed by atoms with Gasteiger partial charge in [-0.1, -0.05) is 23.7 Å². The lowest BCUT2D eigenvalue weighted by molar-refractivity contribution is 0.679. The molecule has 1 atom stereocenters. The Morgan fingerprint density at radius 2 is 1.94 bits per heavy atom. The average molecular weight is 264 g/mol. The molecule has 0 amide bonds. The van der Waals surface area contributed by atoms with Crippen molar-refractivity contribution in [3.63, 3.8) is 0 Å². The Labute approximate surface area is 110 Å². The molecule has 1 N–H and O–H groups in total. The molecule has 1 aliphatic carbocycles. The van der Waals surface area contributed by atoms with Crippen LogP contribution < -0.4 is 5.32 Å². The maximum atomic E-state index is 5.94. The fourth-order valence-corrected chi connectivity index (χ4v) is 2.82. The maximum Gasteiger partial charge on any atom is 0.0542 e. The van der Waals surface area contributed by atoms with Crippen LogP contribution in [0.5, 0.6) is 0 Å². The van der Waals surface area contributed by atoms with Crippen molar-refractivity contribution >= 4 is 28.6 Å². The number of rotatable bonds is 4. The minimum Gasteiger partial charge on any atom is -0.377 e. The van der Waals surface area contributed by atoms with Crippen molar-refractivity contribution in [2.24, 2.45) is 5.92 Å². The molecular formula is C14H14ClNS. The second-order valence-electron chi connectivity index (χ2n) is 4.52. The third-order valence-corrected chi connectivity index (χ3v) is 4.10. The summed E-state index contributed by atoms with van der Waals surface area (Å²) in [7, 11) is 0. The van der Waals surface area contributed by atoms with Crippen molar-refractivity contribution in [2.45, 2.75) is 18.9 Å². The van der Waals surface area contributed by atoms with Gasteiger partial charge in [0.05, 0.1) is 6.04 Å². The first-order valence-electron chi connectivity index (χ1n) is 5.87. The van der Waals surface area contributed by atoms with Crippen molar-refractivity contribution in [1.29, 1.82) is 0 Å². The van der Waals surface area contributed by atoms with Crippen LogP contribution in [-0.2, 0) is 0 Å². The quantitative estimate of drug-likeness (QED) is 0.822. The van der Waals surface area contributed by atoms with Gasteiger partial charge in [0.25, 0.3) is 0 Å². The molecule has 1 heterocycles. The molecule has 2 aromatic rings. The van der Waals surface area contributed by atoms with Gasteiger partial charge in [-0.05, 0) is 47.9 Å². The highest BCUT2D eigenvalue weighted by molar-refractivity contribution is 7.08. The Kier molecular flexibility index (Phi) is 3.08. The van der Waals surface area contributed by atoms with Crippen molar-refractivity contribution in [3.05, 3.63) is 51.7 Å². The molecule has 0 bridgehead atoms. The van der Waals surface area contributed by atoms with Crippen LogP contribution in [0.1, 0.15) is 24.4 Å². The van der Waals surface area contributed by atoms with Crippen LogP contribution in [0.15, 0.2) is 41.1 Å². The van der Waals surface area contributed by atoms with Gasteiger partial charge < -0.3 is 5.32 Å². The van der Waals surface area contributed by atoms with Crippen LogP contribution in [0.4, 0.5) is 5.69 Å². The fraction of sp³-hybridized carbons (Fsp3) is 0.286. The molecule has 1 fully saturated rings. The number of hydrogen-bond acceptors (Lipinski definition) is 2. The summed E-state index contributed by atoms with van der Waals surface area (Å²) in [6.07, 6.45) is 2.65. The number of anilines is 1. The van der Waals surface area contributed by atoms with E-state index in [1.807, 2.05) is 12.1 Å². The third-order valence-electron chi connectivity index (χ3n) is 3.17. The van der Waals surface area contributed by atoms with Gasteiger partial charge in [-0.3, -0.25) is 0 Å². The second kappa shape index (κ2) is 4.71. The highest BCUT2D eigenvalue weighted by Crippen LogP contribution is 2.43. The van der Waals surface area contributed by atoms with Crippen LogP contribution in [0.2, 0.25) is 5.02 Å². The molecular weight excluding hydrogens is 250 g/mol. The molecule has 88 valence electrons. The molecule has 0 saturated heterocycles. The zero-order chi connectivity index (χ0) is 11.7. The highest BCUT2D eigenvalue weighted by Gasteiger charge is 2.32. The molecule has 3 heteroatoms. The Morgan fingerprint density at radius 1 is 1.18 bits per heavy atom. The lowest BCUT2D eigenvalue weighted by Gasteiger charge is -2.19. The number of hydrogen-bond donors (Lipinski definition) is 1. The van der Waals surface area contributed by atoms with E-state index in [2.05, 4.69) is 34.3 Å². The lowest BCUT2D eigenvalue weighted by Crippen LogP contribution is -2.12. The van der Waals surface area contributed by atoms with E-state index in [4.69, 9.17) is 11.6 Å². The molecule has 1 aliphatic rings. The molecule has 0 spiro atoms. The van der Waals surface area contributed by atoms with E-state index in [0.29, 0.717) is 6.04 Å². The van der Waals surface area contributed by atoms with Crippen LogP contribution in [0.3, 0.4) is 0 Å². The van der Waals surface area contributed by atoms with Crippen molar-refractivity contribution in [1.82, 2.24) is 0 Å². The summed E-state index contributed by atoms with van der Waals surface area (Å²) >= 11 is 7.66. The molecule has 17 heavy (non-hydrogen) atoms. The highest BCUT2D eigenvalue weighted by atomic mass is 35.5. The van der Waals surface area contributed by atoms with Crippen molar-refractivity contribution < 1.29 is 0 Å².